The molecule has 1 atom stereocenters. The Morgan fingerprint density at radius 1 is 1.29 bits per heavy atom. The van der Waals surface area contributed by atoms with Gasteiger partial charge < -0.3 is 10.4 Å². The molecule has 2 rings (SSSR count). The quantitative estimate of drug-likeness (QED) is 0.826. The number of nitrogens with one attached hydrogen (secondary N) is 1. The summed E-state index contributed by atoms with van der Waals surface area (Å²) in [5, 5.41) is 14.8. The van der Waals surface area contributed by atoms with Crippen molar-refractivity contribution in [3.63, 3.8) is 0 Å². The molecule has 0 aliphatic heterocycles. The Balaban J connectivity index is 2.09. The van der Waals surface area contributed by atoms with Gasteiger partial charge in [0.2, 0.25) is 0 Å². The molecule has 0 aliphatic carbocycles. The second-order valence-corrected chi connectivity index (χ2v) is 4.23. The lowest BCUT2D eigenvalue weighted by Crippen LogP contribution is -2.31. The van der Waals surface area contributed by atoms with Crippen LogP contribution in [0.15, 0.2) is 36.7 Å². The first kappa shape index (κ1) is 12.0. The lowest BCUT2D eigenvalue weighted by atomic mass is 10.1. The number of hydrogen-bond donors (Lipinski definition) is 2. The standard InChI is InChI=1S/C14H18N2O/c1-2-14(10-17)16-8-11-3-4-13-9-15-6-5-12(13)7-11/h3-7,9,14,16-17H,2,8,10H2,1H3. The highest BCUT2D eigenvalue weighted by Gasteiger charge is 2.03. The van der Waals surface area contributed by atoms with Gasteiger partial charge in [0.05, 0.1) is 6.61 Å². The van der Waals surface area contributed by atoms with Crippen molar-refractivity contribution in [1.29, 1.82) is 0 Å². The highest BCUT2D eigenvalue weighted by atomic mass is 16.3. The molecule has 0 aliphatic rings. The summed E-state index contributed by atoms with van der Waals surface area (Å²) in [5.41, 5.74) is 1.23. The van der Waals surface area contributed by atoms with E-state index in [1.807, 2.05) is 18.5 Å². The summed E-state index contributed by atoms with van der Waals surface area (Å²) in [6, 6.07) is 8.54. The number of aliphatic hydroxyl groups excluding tert-OH is 1. The molecule has 1 heterocycles. The Labute approximate surface area is 102 Å². The molecule has 3 heteroatoms. The van der Waals surface area contributed by atoms with Crippen LogP contribution in [0.4, 0.5) is 0 Å². The van der Waals surface area contributed by atoms with Crippen molar-refractivity contribution in [2.24, 2.45) is 0 Å². The molecule has 3 nitrogen and oxygen atoms in total. The maximum atomic E-state index is 9.11. The van der Waals surface area contributed by atoms with Crippen LogP contribution in [-0.4, -0.2) is 22.7 Å². The van der Waals surface area contributed by atoms with Gasteiger partial charge in [-0.05, 0) is 29.5 Å². The van der Waals surface area contributed by atoms with Crippen molar-refractivity contribution in [2.75, 3.05) is 6.61 Å². The van der Waals surface area contributed by atoms with Gasteiger partial charge >= 0.3 is 0 Å². The van der Waals surface area contributed by atoms with Gasteiger partial charge in [0.1, 0.15) is 0 Å². The topological polar surface area (TPSA) is 45.1 Å². The third kappa shape index (κ3) is 3.02. The van der Waals surface area contributed by atoms with E-state index in [2.05, 4.69) is 35.4 Å². The van der Waals surface area contributed by atoms with Gasteiger partial charge in [-0.2, -0.15) is 0 Å². The summed E-state index contributed by atoms with van der Waals surface area (Å²) in [4.78, 5) is 4.09. The average molecular weight is 230 g/mol. The van der Waals surface area contributed by atoms with Crippen LogP contribution in [0.5, 0.6) is 0 Å². The summed E-state index contributed by atoms with van der Waals surface area (Å²) in [6.07, 6.45) is 4.62. The number of nitrogens with zero attached hydrogens (tertiary/aromatic N) is 1. The van der Waals surface area contributed by atoms with Crippen LogP contribution in [0, 0.1) is 0 Å². The van der Waals surface area contributed by atoms with Gasteiger partial charge in [-0.15, -0.1) is 0 Å². The van der Waals surface area contributed by atoms with Crippen LogP contribution in [0.25, 0.3) is 10.8 Å². The fourth-order valence-corrected chi connectivity index (χ4v) is 1.84. The predicted octanol–water partition coefficient (Wildman–Crippen LogP) is 2.10. The van der Waals surface area contributed by atoms with E-state index < -0.39 is 0 Å². The first-order valence-electron chi connectivity index (χ1n) is 6.00. The molecule has 1 unspecified atom stereocenters. The molecule has 90 valence electrons. The molecule has 0 amide bonds. The molecule has 0 fully saturated rings. The SMILES string of the molecule is CCC(CO)NCc1ccc2cnccc2c1. The van der Waals surface area contributed by atoms with E-state index >= 15 is 0 Å². The third-order valence-corrected chi connectivity index (χ3v) is 3.01. The van der Waals surface area contributed by atoms with Gasteiger partial charge in [0.15, 0.2) is 0 Å². The molecule has 0 bridgehead atoms. The van der Waals surface area contributed by atoms with Crippen molar-refractivity contribution in [3.8, 4) is 0 Å². The Kier molecular flexibility index (Phi) is 4.07. The minimum atomic E-state index is 0.183. The summed E-state index contributed by atoms with van der Waals surface area (Å²) < 4.78 is 0. The van der Waals surface area contributed by atoms with Crippen LogP contribution in [0.1, 0.15) is 18.9 Å². The molecule has 2 aromatic rings. The van der Waals surface area contributed by atoms with E-state index in [0.717, 1.165) is 18.4 Å². The summed E-state index contributed by atoms with van der Waals surface area (Å²) in [5.74, 6) is 0. The Hall–Kier alpha value is -1.45. The fraction of sp³-hybridized carbons (Fsp3) is 0.357. The Morgan fingerprint density at radius 2 is 2.18 bits per heavy atom. The van der Waals surface area contributed by atoms with Crippen molar-refractivity contribution in [2.45, 2.75) is 25.9 Å². The summed E-state index contributed by atoms with van der Waals surface area (Å²) in [6.45, 7) is 3.05. The number of aliphatic hydroxyl groups is 1. The highest BCUT2D eigenvalue weighted by molar-refractivity contribution is 5.81. The van der Waals surface area contributed by atoms with E-state index in [4.69, 9.17) is 5.11 Å². The lowest BCUT2D eigenvalue weighted by Gasteiger charge is -2.14. The van der Waals surface area contributed by atoms with Gasteiger partial charge in [0.25, 0.3) is 0 Å². The van der Waals surface area contributed by atoms with Crippen molar-refractivity contribution in [3.05, 3.63) is 42.2 Å². The Morgan fingerprint density at radius 3 is 2.94 bits per heavy atom. The van der Waals surface area contributed by atoms with Gasteiger partial charge in [-0.3, -0.25) is 4.98 Å². The number of hydrogen-bond acceptors (Lipinski definition) is 3. The fourth-order valence-electron chi connectivity index (χ4n) is 1.84. The van der Waals surface area contributed by atoms with Crippen LogP contribution >= 0.6 is 0 Å². The zero-order chi connectivity index (χ0) is 12.1. The number of benzene rings is 1. The molecule has 0 spiro atoms. The second-order valence-electron chi connectivity index (χ2n) is 4.23. The molecule has 2 N–H and O–H groups in total. The summed E-state index contributed by atoms with van der Waals surface area (Å²) in [7, 11) is 0. The molecule has 0 saturated heterocycles. The first-order chi connectivity index (χ1) is 8.33. The van der Waals surface area contributed by atoms with Crippen molar-refractivity contribution in [1.82, 2.24) is 10.3 Å². The number of fused-ring (bicyclic) bond motifs is 1. The minimum Gasteiger partial charge on any atom is -0.395 e. The molecule has 17 heavy (non-hydrogen) atoms. The van der Waals surface area contributed by atoms with Crippen LogP contribution in [0.2, 0.25) is 0 Å². The van der Waals surface area contributed by atoms with Crippen LogP contribution in [-0.2, 0) is 6.54 Å². The maximum Gasteiger partial charge on any atom is 0.0584 e. The van der Waals surface area contributed by atoms with Crippen molar-refractivity contribution < 1.29 is 5.11 Å². The van der Waals surface area contributed by atoms with E-state index in [1.165, 1.54) is 10.9 Å². The molecule has 1 aromatic heterocycles. The van der Waals surface area contributed by atoms with Gasteiger partial charge in [-0.25, -0.2) is 0 Å². The van der Waals surface area contributed by atoms with E-state index in [0.29, 0.717) is 0 Å². The highest BCUT2D eigenvalue weighted by Crippen LogP contribution is 2.14. The maximum absolute atomic E-state index is 9.11. The van der Waals surface area contributed by atoms with Gasteiger partial charge in [-0.1, -0.05) is 19.1 Å². The zero-order valence-corrected chi connectivity index (χ0v) is 10.1. The monoisotopic (exact) mass is 230 g/mol. The largest absolute Gasteiger partial charge is 0.395 e. The summed E-state index contributed by atoms with van der Waals surface area (Å²) >= 11 is 0. The normalized spacial score (nSPS) is 12.8. The first-order valence-corrected chi connectivity index (χ1v) is 6.00. The lowest BCUT2D eigenvalue weighted by molar-refractivity contribution is 0.238. The van der Waals surface area contributed by atoms with E-state index in [1.54, 1.807) is 0 Å². The van der Waals surface area contributed by atoms with Crippen molar-refractivity contribution >= 4 is 10.8 Å². The number of aromatic nitrogens is 1. The van der Waals surface area contributed by atoms with E-state index in [-0.39, 0.29) is 12.6 Å². The molecular formula is C14H18N2O. The molecular weight excluding hydrogens is 212 g/mol. The molecule has 1 aromatic carbocycles. The second kappa shape index (κ2) is 5.75. The zero-order valence-electron chi connectivity index (χ0n) is 10.1. The average Bonchev–Trinajstić information content (AvgIpc) is 2.40. The number of rotatable bonds is 5. The number of pyridine rings is 1. The van der Waals surface area contributed by atoms with Crippen LogP contribution < -0.4 is 5.32 Å². The predicted molar refractivity (Wildman–Crippen MR) is 69.7 cm³/mol. The smallest absolute Gasteiger partial charge is 0.0584 e. The van der Waals surface area contributed by atoms with Crippen LogP contribution in [0.3, 0.4) is 0 Å². The minimum absolute atomic E-state index is 0.183. The molecule has 0 saturated carbocycles. The molecule has 0 radical (unpaired) electrons. The van der Waals surface area contributed by atoms with Gasteiger partial charge in [0, 0.05) is 30.4 Å². The third-order valence-electron chi connectivity index (χ3n) is 3.01. The van der Waals surface area contributed by atoms with E-state index in [9.17, 15) is 0 Å². The Bertz CT molecular complexity index is 480.